The second-order valence-corrected chi connectivity index (χ2v) is 7.49. The Morgan fingerprint density at radius 1 is 1.04 bits per heavy atom. The summed E-state index contributed by atoms with van der Waals surface area (Å²) < 4.78 is 10.4. The number of pyridine rings is 1. The average molecular weight is 373 g/mol. The molecule has 0 spiro atoms. The van der Waals surface area contributed by atoms with Crippen molar-refractivity contribution in [3.63, 3.8) is 0 Å². The third-order valence-corrected chi connectivity index (χ3v) is 5.66. The van der Waals surface area contributed by atoms with Gasteiger partial charge in [-0.2, -0.15) is 0 Å². The van der Waals surface area contributed by atoms with E-state index in [1.54, 1.807) is 0 Å². The van der Waals surface area contributed by atoms with Gasteiger partial charge in [-0.1, -0.05) is 12.1 Å². The molecule has 4 aromatic rings. The number of nitrogens with zero attached hydrogens (tertiary/aromatic N) is 3. The third-order valence-electron chi connectivity index (χ3n) is 5.66. The fourth-order valence-electron chi connectivity index (χ4n) is 4.09. The van der Waals surface area contributed by atoms with Crippen molar-refractivity contribution in [3.8, 4) is 5.75 Å². The Balaban J connectivity index is 1.26. The zero-order valence-corrected chi connectivity index (χ0v) is 15.9. The summed E-state index contributed by atoms with van der Waals surface area (Å²) in [4.78, 5) is 14.8. The Labute approximate surface area is 163 Å². The van der Waals surface area contributed by atoms with Crippen LogP contribution >= 0.6 is 0 Å². The van der Waals surface area contributed by atoms with E-state index in [-0.39, 0.29) is 12.0 Å². The lowest BCUT2D eigenvalue weighted by Gasteiger charge is -2.32. The molecule has 0 atom stereocenters. The Kier molecular flexibility index (Phi) is 4.08. The van der Waals surface area contributed by atoms with Crippen LogP contribution in [0.4, 0.5) is 0 Å². The fraction of sp³-hybridized carbons (Fsp3) is 0.261. The van der Waals surface area contributed by atoms with E-state index in [4.69, 9.17) is 4.74 Å². The fourth-order valence-corrected chi connectivity index (χ4v) is 4.09. The van der Waals surface area contributed by atoms with Crippen molar-refractivity contribution >= 4 is 22.3 Å². The van der Waals surface area contributed by atoms with Crippen molar-refractivity contribution in [3.05, 3.63) is 72.7 Å². The highest BCUT2D eigenvalue weighted by atomic mass is 16.5. The molecule has 1 aliphatic heterocycles. The number of aryl methyl sites for hydroxylation is 1. The van der Waals surface area contributed by atoms with Crippen molar-refractivity contribution in [2.45, 2.75) is 18.9 Å². The number of ether oxygens (including phenoxy) is 1. The van der Waals surface area contributed by atoms with Gasteiger partial charge >= 0.3 is 0 Å². The summed E-state index contributed by atoms with van der Waals surface area (Å²) in [7, 11) is 2.04. The van der Waals surface area contributed by atoms with E-state index in [2.05, 4.69) is 22.9 Å². The van der Waals surface area contributed by atoms with Gasteiger partial charge in [0.1, 0.15) is 11.9 Å². The van der Waals surface area contributed by atoms with Gasteiger partial charge in [-0.25, -0.2) is 0 Å². The monoisotopic (exact) mass is 373 g/mol. The maximum absolute atomic E-state index is 12.9. The van der Waals surface area contributed by atoms with Gasteiger partial charge in [0.15, 0.2) is 0 Å². The first kappa shape index (κ1) is 16.9. The summed E-state index contributed by atoms with van der Waals surface area (Å²) in [6.07, 6.45) is 7.78. The number of hydrogen-bond acceptors (Lipinski definition) is 2. The Bertz CT molecular complexity index is 1120. The van der Waals surface area contributed by atoms with Gasteiger partial charge < -0.3 is 18.6 Å². The summed E-state index contributed by atoms with van der Waals surface area (Å²) in [5.41, 5.74) is 2.96. The van der Waals surface area contributed by atoms with Gasteiger partial charge in [-0.15, -0.1) is 0 Å². The molecule has 1 amide bonds. The van der Waals surface area contributed by atoms with Crippen LogP contribution in [0, 0.1) is 0 Å². The van der Waals surface area contributed by atoms with Crippen LogP contribution in [0.2, 0.25) is 0 Å². The maximum atomic E-state index is 12.9. The van der Waals surface area contributed by atoms with Gasteiger partial charge in [-0.05, 0) is 36.4 Å². The van der Waals surface area contributed by atoms with Crippen LogP contribution in [0.5, 0.6) is 5.75 Å². The highest BCUT2D eigenvalue weighted by molar-refractivity contribution is 5.95. The van der Waals surface area contributed by atoms with E-state index in [0.29, 0.717) is 0 Å². The predicted molar refractivity (Wildman–Crippen MR) is 110 cm³/mol. The minimum Gasteiger partial charge on any atom is -0.490 e. The average Bonchev–Trinajstić information content (AvgIpc) is 3.33. The number of fused-ring (bicyclic) bond motifs is 2. The van der Waals surface area contributed by atoms with E-state index in [1.165, 1.54) is 5.52 Å². The largest absolute Gasteiger partial charge is 0.490 e. The molecule has 1 saturated heterocycles. The molecule has 1 fully saturated rings. The lowest BCUT2D eigenvalue weighted by molar-refractivity contribution is 0.0598. The van der Waals surface area contributed by atoms with Crippen molar-refractivity contribution in [2.75, 3.05) is 13.1 Å². The Morgan fingerprint density at radius 2 is 1.89 bits per heavy atom. The van der Waals surface area contributed by atoms with Crippen LogP contribution in [-0.2, 0) is 7.05 Å². The quantitative estimate of drug-likeness (QED) is 0.542. The van der Waals surface area contributed by atoms with Crippen LogP contribution < -0.4 is 4.74 Å². The first-order valence-corrected chi connectivity index (χ1v) is 9.76. The van der Waals surface area contributed by atoms with E-state index in [9.17, 15) is 4.79 Å². The third kappa shape index (κ3) is 2.93. The van der Waals surface area contributed by atoms with Crippen molar-refractivity contribution in [2.24, 2.45) is 7.05 Å². The summed E-state index contributed by atoms with van der Waals surface area (Å²) in [5.74, 6) is 1.04. The number of benzene rings is 1. The standard InChI is InChI=1S/C23H23N3O2/c1-24-12-10-20-21(24)6-4-7-22(20)28-19-8-13-25(14-9-19)23(27)17-15-18-5-2-3-11-26(18)16-17/h2-7,10-12,15-16,19H,8-9,13-14H2,1H3. The maximum Gasteiger partial charge on any atom is 0.255 e. The Hall–Kier alpha value is -3.21. The summed E-state index contributed by atoms with van der Waals surface area (Å²) in [5, 5.41) is 1.14. The van der Waals surface area contributed by atoms with E-state index >= 15 is 0 Å². The number of piperidine rings is 1. The molecule has 0 N–H and O–H groups in total. The van der Waals surface area contributed by atoms with Crippen LogP contribution in [0.3, 0.4) is 0 Å². The second-order valence-electron chi connectivity index (χ2n) is 7.49. The number of aromatic nitrogens is 2. The van der Waals surface area contributed by atoms with E-state index in [1.807, 2.05) is 65.1 Å². The lowest BCUT2D eigenvalue weighted by atomic mass is 10.1. The predicted octanol–water partition coefficient (Wildman–Crippen LogP) is 4.11. The molecule has 5 rings (SSSR count). The molecule has 142 valence electrons. The molecule has 3 aromatic heterocycles. The van der Waals surface area contributed by atoms with Crippen molar-refractivity contribution in [1.82, 2.24) is 13.9 Å². The SMILES string of the molecule is Cn1ccc2c(OC3CCN(C(=O)c4cc5ccccn5c4)CC3)cccc21. The molecule has 0 saturated carbocycles. The summed E-state index contributed by atoms with van der Waals surface area (Å²) in [6, 6.07) is 16.2. The number of rotatable bonds is 3. The molecule has 4 heterocycles. The first-order chi connectivity index (χ1) is 13.7. The molecule has 5 nitrogen and oxygen atoms in total. The Morgan fingerprint density at radius 3 is 2.71 bits per heavy atom. The van der Waals surface area contributed by atoms with E-state index < -0.39 is 0 Å². The molecule has 0 bridgehead atoms. The molecule has 28 heavy (non-hydrogen) atoms. The van der Waals surface area contributed by atoms with Gasteiger partial charge in [-0.3, -0.25) is 4.79 Å². The zero-order valence-electron chi connectivity index (χ0n) is 15.9. The number of likely N-dealkylation sites (tertiary alicyclic amines) is 1. The van der Waals surface area contributed by atoms with Gasteiger partial charge in [0.05, 0.1) is 11.1 Å². The molecule has 0 aliphatic carbocycles. The number of hydrogen-bond donors (Lipinski definition) is 0. The van der Waals surface area contributed by atoms with Crippen LogP contribution in [-0.4, -0.2) is 39.0 Å². The van der Waals surface area contributed by atoms with Crippen molar-refractivity contribution < 1.29 is 9.53 Å². The summed E-state index contributed by atoms with van der Waals surface area (Å²) in [6.45, 7) is 1.45. The van der Waals surface area contributed by atoms with Gasteiger partial charge in [0, 0.05) is 62.5 Å². The summed E-state index contributed by atoms with van der Waals surface area (Å²) >= 11 is 0. The zero-order chi connectivity index (χ0) is 19.1. The number of amides is 1. The molecular formula is C23H23N3O2. The van der Waals surface area contributed by atoms with Crippen LogP contribution in [0.1, 0.15) is 23.2 Å². The first-order valence-electron chi connectivity index (χ1n) is 9.76. The van der Waals surface area contributed by atoms with Crippen molar-refractivity contribution in [1.29, 1.82) is 0 Å². The van der Waals surface area contributed by atoms with Crippen LogP contribution in [0.25, 0.3) is 16.4 Å². The molecule has 5 heteroatoms. The minimum absolute atomic E-state index is 0.104. The number of carbonyl (C=O) groups is 1. The van der Waals surface area contributed by atoms with Gasteiger partial charge in [0.2, 0.25) is 0 Å². The highest BCUT2D eigenvalue weighted by Gasteiger charge is 2.25. The lowest BCUT2D eigenvalue weighted by Crippen LogP contribution is -2.41. The molecule has 0 radical (unpaired) electrons. The second kappa shape index (κ2) is 6.75. The molecule has 1 aliphatic rings. The minimum atomic E-state index is 0.104. The normalized spacial score (nSPS) is 15.4. The molecule has 1 aromatic carbocycles. The van der Waals surface area contributed by atoms with Crippen LogP contribution in [0.15, 0.2) is 67.1 Å². The number of carbonyl (C=O) groups excluding carboxylic acids is 1. The topological polar surface area (TPSA) is 38.9 Å². The molecule has 0 unspecified atom stereocenters. The molecular weight excluding hydrogens is 350 g/mol. The van der Waals surface area contributed by atoms with Gasteiger partial charge in [0.25, 0.3) is 5.91 Å². The highest BCUT2D eigenvalue weighted by Crippen LogP contribution is 2.29. The van der Waals surface area contributed by atoms with E-state index in [0.717, 1.165) is 48.1 Å². The smallest absolute Gasteiger partial charge is 0.255 e.